The van der Waals surface area contributed by atoms with Crippen molar-refractivity contribution >= 4 is 16.8 Å². The van der Waals surface area contributed by atoms with Gasteiger partial charge in [0, 0.05) is 22.7 Å². The maximum atomic E-state index is 11.6. The van der Waals surface area contributed by atoms with Crippen LogP contribution in [0.5, 0.6) is 0 Å². The van der Waals surface area contributed by atoms with Crippen molar-refractivity contribution in [2.45, 2.75) is 24.8 Å². The summed E-state index contributed by atoms with van der Waals surface area (Å²) in [6, 6.07) is 17.2. The predicted molar refractivity (Wildman–Crippen MR) is 119 cm³/mol. The molecular weight excluding hydrogens is 416 g/mol. The van der Waals surface area contributed by atoms with Gasteiger partial charge in [-0.05, 0) is 43.2 Å². The fourth-order valence-electron chi connectivity index (χ4n) is 4.36. The van der Waals surface area contributed by atoms with E-state index in [-0.39, 0.29) is 18.0 Å². The Labute approximate surface area is 189 Å². The molecule has 1 aliphatic rings. The summed E-state index contributed by atoms with van der Waals surface area (Å²) in [6.07, 6.45) is 4.72. The summed E-state index contributed by atoms with van der Waals surface area (Å²) in [6.45, 7) is 0. The number of pyridine rings is 2. The topological polar surface area (TPSA) is 147 Å². The summed E-state index contributed by atoms with van der Waals surface area (Å²) in [4.78, 5) is 22.1. The Morgan fingerprint density at radius 1 is 1.18 bits per heavy atom. The van der Waals surface area contributed by atoms with Crippen LogP contribution in [0.15, 0.2) is 54.9 Å². The summed E-state index contributed by atoms with van der Waals surface area (Å²) in [5, 5.41) is 28.6. The Balaban J connectivity index is 1.62. The van der Waals surface area contributed by atoms with Crippen LogP contribution in [0.2, 0.25) is 0 Å². The second-order valence-electron chi connectivity index (χ2n) is 8.18. The number of aromatic nitrogens is 5. The molecule has 0 spiro atoms. The molecule has 4 aromatic rings. The molecule has 2 N–H and O–H groups in total. The summed E-state index contributed by atoms with van der Waals surface area (Å²) >= 11 is 0. The number of carbonyl (C=O) groups excluding carboxylic acids is 1. The van der Waals surface area contributed by atoms with Crippen LogP contribution in [-0.4, -0.2) is 30.9 Å². The van der Waals surface area contributed by atoms with E-state index >= 15 is 0 Å². The highest BCUT2D eigenvalue weighted by atomic mass is 16.1. The number of rotatable bonds is 5. The molecule has 1 aromatic carbocycles. The van der Waals surface area contributed by atoms with E-state index in [1.54, 1.807) is 35.4 Å². The zero-order chi connectivity index (χ0) is 23.0. The number of nitriles is 2. The molecule has 0 saturated heterocycles. The van der Waals surface area contributed by atoms with Gasteiger partial charge in [0.25, 0.3) is 5.91 Å². The first-order chi connectivity index (χ1) is 16.0. The van der Waals surface area contributed by atoms with Crippen LogP contribution in [0, 0.1) is 28.6 Å². The summed E-state index contributed by atoms with van der Waals surface area (Å²) in [5.41, 5.74) is 8.53. The molecule has 9 nitrogen and oxygen atoms in total. The maximum Gasteiger partial charge on any atom is 0.267 e. The predicted octanol–water partition coefficient (Wildman–Crippen LogP) is 3.20. The third-order valence-corrected chi connectivity index (χ3v) is 6.05. The van der Waals surface area contributed by atoms with E-state index in [1.165, 1.54) is 0 Å². The van der Waals surface area contributed by atoms with Gasteiger partial charge in [-0.3, -0.25) is 9.78 Å². The number of amides is 1. The van der Waals surface area contributed by atoms with Crippen LogP contribution in [0.25, 0.3) is 33.4 Å². The highest BCUT2D eigenvalue weighted by molar-refractivity contribution is 5.97. The van der Waals surface area contributed by atoms with Crippen LogP contribution in [-0.2, 0) is 5.54 Å². The molecule has 0 aliphatic heterocycles. The zero-order valence-electron chi connectivity index (χ0n) is 17.5. The van der Waals surface area contributed by atoms with E-state index in [9.17, 15) is 15.3 Å². The van der Waals surface area contributed by atoms with Gasteiger partial charge in [0.2, 0.25) is 0 Å². The monoisotopic (exact) mass is 434 g/mol. The SMILES string of the molecule is N#CCC1(n2ncc(-c3cc(-c4cccc(C(N)=O)n4)cc4ncccc34)n2)CC(C#N)C1. The smallest absolute Gasteiger partial charge is 0.267 e. The van der Waals surface area contributed by atoms with Gasteiger partial charge < -0.3 is 5.73 Å². The zero-order valence-corrected chi connectivity index (χ0v) is 17.5. The van der Waals surface area contributed by atoms with Crippen molar-refractivity contribution in [1.82, 2.24) is 25.0 Å². The number of nitrogens with two attached hydrogens (primary N) is 1. The minimum absolute atomic E-state index is 0.0928. The van der Waals surface area contributed by atoms with Crippen LogP contribution >= 0.6 is 0 Å². The van der Waals surface area contributed by atoms with Crippen LogP contribution in [0.4, 0.5) is 0 Å². The number of carbonyl (C=O) groups is 1. The maximum absolute atomic E-state index is 11.6. The van der Waals surface area contributed by atoms with Gasteiger partial charge in [-0.1, -0.05) is 12.1 Å². The van der Waals surface area contributed by atoms with Gasteiger partial charge in [-0.15, -0.1) is 0 Å². The Morgan fingerprint density at radius 3 is 2.79 bits per heavy atom. The molecule has 1 aliphatic carbocycles. The Kier molecular flexibility index (Phi) is 4.80. The lowest BCUT2D eigenvalue weighted by molar-refractivity contribution is 0.0713. The molecule has 1 saturated carbocycles. The average molecular weight is 434 g/mol. The lowest BCUT2D eigenvalue weighted by Gasteiger charge is -2.42. The van der Waals surface area contributed by atoms with Gasteiger partial charge >= 0.3 is 0 Å². The van der Waals surface area contributed by atoms with Gasteiger partial charge in [0.05, 0.1) is 47.4 Å². The molecule has 0 unspecified atom stereocenters. The largest absolute Gasteiger partial charge is 0.364 e. The number of nitrogens with zero attached hydrogens (tertiary/aromatic N) is 7. The fraction of sp³-hybridized carbons (Fsp3) is 0.208. The number of primary amides is 1. The Hall–Kier alpha value is -4.63. The molecule has 3 aromatic heterocycles. The standard InChI is InChI=1S/C24H18N8O/c25-7-6-24(11-15(12-24)13-26)32-29-14-22(31-32)18-9-16(10-21-17(18)3-2-8-28-21)19-4-1-5-20(30-19)23(27)33/h1-5,8-10,14-15H,6,11-12H2,(H2,27,33). The summed E-state index contributed by atoms with van der Waals surface area (Å²) < 4.78 is 0. The second kappa shape index (κ2) is 7.81. The fourth-order valence-corrected chi connectivity index (χ4v) is 4.36. The van der Waals surface area contributed by atoms with Crippen LogP contribution in [0.3, 0.4) is 0 Å². The molecule has 1 fully saturated rings. The normalized spacial score (nSPS) is 19.4. The summed E-state index contributed by atoms with van der Waals surface area (Å²) in [5.74, 6) is -0.692. The molecule has 0 bridgehead atoms. The molecule has 9 heteroatoms. The van der Waals surface area contributed by atoms with Crippen molar-refractivity contribution in [3.05, 3.63) is 60.6 Å². The van der Waals surface area contributed by atoms with E-state index in [0.717, 1.165) is 22.0 Å². The Morgan fingerprint density at radius 2 is 2.03 bits per heavy atom. The lowest BCUT2D eigenvalue weighted by Crippen LogP contribution is -2.47. The Bertz CT molecular complexity index is 1470. The van der Waals surface area contributed by atoms with Crippen molar-refractivity contribution in [3.63, 3.8) is 0 Å². The quantitative estimate of drug-likeness (QED) is 0.507. The number of benzene rings is 1. The minimum Gasteiger partial charge on any atom is -0.364 e. The van der Waals surface area contributed by atoms with Crippen molar-refractivity contribution in [1.29, 1.82) is 10.5 Å². The van der Waals surface area contributed by atoms with Gasteiger partial charge in [0.15, 0.2) is 0 Å². The van der Waals surface area contributed by atoms with Crippen molar-refractivity contribution < 1.29 is 4.79 Å². The molecule has 33 heavy (non-hydrogen) atoms. The average Bonchev–Trinajstić information content (AvgIpc) is 3.31. The first kappa shape index (κ1) is 20.3. The van der Waals surface area contributed by atoms with Crippen molar-refractivity contribution in [2.24, 2.45) is 11.7 Å². The summed E-state index contributed by atoms with van der Waals surface area (Å²) in [7, 11) is 0. The molecule has 1 amide bonds. The van der Waals surface area contributed by atoms with Crippen molar-refractivity contribution in [3.8, 4) is 34.7 Å². The van der Waals surface area contributed by atoms with E-state index in [4.69, 9.17) is 10.8 Å². The van der Waals surface area contributed by atoms with Gasteiger partial charge in [-0.2, -0.15) is 25.5 Å². The van der Waals surface area contributed by atoms with Gasteiger partial charge in [-0.25, -0.2) is 4.98 Å². The van der Waals surface area contributed by atoms with Crippen molar-refractivity contribution in [2.75, 3.05) is 0 Å². The van der Waals surface area contributed by atoms with E-state index in [2.05, 4.69) is 27.2 Å². The first-order valence-corrected chi connectivity index (χ1v) is 10.4. The van der Waals surface area contributed by atoms with E-state index in [1.807, 2.05) is 24.3 Å². The third kappa shape index (κ3) is 3.46. The molecule has 160 valence electrons. The molecule has 3 heterocycles. The first-order valence-electron chi connectivity index (χ1n) is 10.4. The third-order valence-electron chi connectivity index (χ3n) is 6.05. The van der Waals surface area contributed by atoms with E-state index < -0.39 is 11.4 Å². The highest BCUT2D eigenvalue weighted by Crippen LogP contribution is 2.45. The minimum atomic E-state index is -0.599. The molecule has 0 atom stereocenters. The molecule has 0 radical (unpaired) electrons. The second-order valence-corrected chi connectivity index (χ2v) is 8.18. The molecule has 5 rings (SSSR count). The highest BCUT2D eigenvalue weighted by Gasteiger charge is 2.48. The lowest BCUT2D eigenvalue weighted by atomic mass is 9.68. The van der Waals surface area contributed by atoms with Gasteiger partial charge in [0.1, 0.15) is 11.4 Å². The number of hydrogen-bond donors (Lipinski definition) is 1. The molecular formula is C24H18N8O. The van der Waals surface area contributed by atoms with E-state index in [0.29, 0.717) is 24.2 Å². The number of fused-ring (bicyclic) bond motifs is 1. The van der Waals surface area contributed by atoms with Crippen LogP contribution in [0.1, 0.15) is 29.8 Å². The number of hydrogen-bond acceptors (Lipinski definition) is 7. The van der Waals surface area contributed by atoms with Crippen LogP contribution < -0.4 is 5.73 Å².